The van der Waals surface area contributed by atoms with E-state index in [2.05, 4.69) is 33.4 Å². The molecule has 0 aliphatic carbocycles. The van der Waals surface area contributed by atoms with Gasteiger partial charge in [-0.15, -0.1) is 0 Å². The van der Waals surface area contributed by atoms with Crippen LogP contribution in [0.3, 0.4) is 0 Å². The van der Waals surface area contributed by atoms with Crippen LogP contribution in [-0.4, -0.2) is 18.7 Å². The molecule has 0 radical (unpaired) electrons. The van der Waals surface area contributed by atoms with Gasteiger partial charge in [0.1, 0.15) is 18.1 Å². The van der Waals surface area contributed by atoms with Gasteiger partial charge in [0.05, 0.1) is 10.7 Å². The van der Waals surface area contributed by atoms with Crippen molar-refractivity contribution < 1.29 is 14.3 Å². The van der Waals surface area contributed by atoms with E-state index in [9.17, 15) is 4.79 Å². The summed E-state index contributed by atoms with van der Waals surface area (Å²) in [6.07, 6.45) is 3.64. The van der Waals surface area contributed by atoms with Crippen molar-refractivity contribution in [3.8, 4) is 11.5 Å². The van der Waals surface area contributed by atoms with Gasteiger partial charge in [0.25, 0.3) is 5.91 Å². The molecule has 0 bridgehead atoms. The van der Waals surface area contributed by atoms with Crippen molar-refractivity contribution in [2.75, 3.05) is 6.61 Å². The number of carbonyl (C=O) groups is 1. The summed E-state index contributed by atoms with van der Waals surface area (Å²) < 4.78 is 12.3. The summed E-state index contributed by atoms with van der Waals surface area (Å²) in [5.74, 6) is 0.971. The first-order valence-corrected chi connectivity index (χ1v) is 10.9. The molecule has 6 heteroatoms. The SMILES string of the molecule is CCCc1ccc(OCC(=O)N/N=C/c2ccccc2OCc2ccccc2)c(Br)c1. The van der Waals surface area contributed by atoms with Crippen LogP contribution in [0.2, 0.25) is 0 Å². The Kier molecular flexibility index (Phi) is 8.67. The third-order valence-corrected chi connectivity index (χ3v) is 5.06. The van der Waals surface area contributed by atoms with E-state index in [4.69, 9.17) is 9.47 Å². The average molecular weight is 481 g/mol. The van der Waals surface area contributed by atoms with Crippen molar-refractivity contribution in [1.29, 1.82) is 0 Å². The predicted octanol–water partition coefficient (Wildman–Crippen LogP) is 5.51. The van der Waals surface area contributed by atoms with Crippen LogP contribution < -0.4 is 14.9 Å². The van der Waals surface area contributed by atoms with Crippen LogP contribution >= 0.6 is 15.9 Å². The van der Waals surface area contributed by atoms with Crippen LogP contribution in [0.1, 0.15) is 30.0 Å². The van der Waals surface area contributed by atoms with Gasteiger partial charge in [0, 0.05) is 5.56 Å². The Balaban J connectivity index is 1.50. The van der Waals surface area contributed by atoms with E-state index >= 15 is 0 Å². The lowest BCUT2D eigenvalue weighted by Crippen LogP contribution is -2.24. The highest BCUT2D eigenvalue weighted by atomic mass is 79.9. The quantitative estimate of drug-likeness (QED) is 0.307. The fraction of sp³-hybridized carbons (Fsp3) is 0.200. The van der Waals surface area contributed by atoms with Crippen molar-refractivity contribution in [1.82, 2.24) is 5.43 Å². The Hall–Kier alpha value is -3.12. The number of ether oxygens (including phenoxy) is 2. The lowest BCUT2D eigenvalue weighted by Gasteiger charge is -2.09. The van der Waals surface area contributed by atoms with Gasteiger partial charge < -0.3 is 9.47 Å². The number of nitrogens with zero attached hydrogens (tertiary/aromatic N) is 1. The van der Waals surface area contributed by atoms with Gasteiger partial charge in [-0.05, 0) is 57.7 Å². The first-order valence-electron chi connectivity index (χ1n) is 10.1. The second-order valence-electron chi connectivity index (χ2n) is 6.91. The van der Waals surface area contributed by atoms with E-state index < -0.39 is 0 Å². The van der Waals surface area contributed by atoms with E-state index in [-0.39, 0.29) is 12.5 Å². The molecule has 0 aliphatic rings. The van der Waals surface area contributed by atoms with Crippen molar-refractivity contribution in [3.63, 3.8) is 0 Å². The minimum Gasteiger partial charge on any atom is -0.488 e. The molecule has 1 N–H and O–H groups in total. The number of hydrogen-bond donors (Lipinski definition) is 1. The molecule has 0 saturated carbocycles. The third-order valence-electron chi connectivity index (χ3n) is 4.44. The lowest BCUT2D eigenvalue weighted by atomic mass is 10.1. The van der Waals surface area contributed by atoms with Gasteiger partial charge in [-0.3, -0.25) is 4.79 Å². The zero-order valence-electron chi connectivity index (χ0n) is 17.4. The molecular formula is C25H25BrN2O3. The number of benzene rings is 3. The first kappa shape index (κ1) is 22.6. The van der Waals surface area contributed by atoms with Crippen molar-refractivity contribution in [2.24, 2.45) is 5.10 Å². The molecule has 0 aliphatic heterocycles. The first-order chi connectivity index (χ1) is 15.2. The highest BCUT2D eigenvalue weighted by Gasteiger charge is 2.06. The Morgan fingerprint density at radius 1 is 0.968 bits per heavy atom. The second-order valence-corrected chi connectivity index (χ2v) is 7.76. The molecule has 31 heavy (non-hydrogen) atoms. The number of rotatable bonds is 10. The minimum atomic E-state index is -0.344. The van der Waals surface area contributed by atoms with Gasteiger partial charge in [-0.2, -0.15) is 5.10 Å². The molecule has 0 aromatic heterocycles. The molecule has 3 aromatic rings. The number of nitrogens with one attached hydrogen (secondary N) is 1. The Morgan fingerprint density at radius 3 is 2.52 bits per heavy atom. The van der Waals surface area contributed by atoms with Gasteiger partial charge in [0.15, 0.2) is 6.61 Å². The molecule has 3 rings (SSSR count). The van der Waals surface area contributed by atoms with Crippen LogP contribution in [0.15, 0.2) is 82.4 Å². The van der Waals surface area contributed by atoms with Gasteiger partial charge >= 0.3 is 0 Å². The smallest absolute Gasteiger partial charge is 0.277 e. The van der Waals surface area contributed by atoms with Crippen molar-refractivity contribution >= 4 is 28.1 Å². The molecule has 0 spiro atoms. The molecule has 3 aromatic carbocycles. The lowest BCUT2D eigenvalue weighted by molar-refractivity contribution is -0.123. The van der Waals surface area contributed by atoms with Gasteiger partial charge in [-0.1, -0.05) is 61.9 Å². The summed E-state index contributed by atoms with van der Waals surface area (Å²) in [7, 11) is 0. The van der Waals surface area contributed by atoms with Crippen molar-refractivity contribution in [2.45, 2.75) is 26.4 Å². The highest BCUT2D eigenvalue weighted by molar-refractivity contribution is 9.10. The number of hydrazone groups is 1. The molecule has 160 valence electrons. The Morgan fingerprint density at radius 2 is 1.74 bits per heavy atom. The van der Waals surface area contributed by atoms with Crippen LogP contribution in [0.5, 0.6) is 11.5 Å². The monoisotopic (exact) mass is 480 g/mol. The van der Waals surface area contributed by atoms with E-state index in [1.165, 1.54) is 5.56 Å². The van der Waals surface area contributed by atoms with Crippen LogP contribution in [0, 0.1) is 0 Å². The largest absolute Gasteiger partial charge is 0.488 e. The summed E-state index contributed by atoms with van der Waals surface area (Å²) in [6, 6.07) is 23.4. The summed E-state index contributed by atoms with van der Waals surface area (Å²) in [6.45, 7) is 2.46. The number of carbonyl (C=O) groups excluding carboxylic acids is 1. The van der Waals surface area contributed by atoms with Gasteiger partial charge in [0.2, 0.25) is 0 Å². The normalized spacial score (nSPS) is 10.8. The number of aryl methyl sites for hydroxylation is 1. The summed E-state index contributed by atoms with van der Waals surface area (Å²) in [5.41, 5.74) is 5.56. The third kappa shape index (κ3) is 7.26. The molecule has 0 fully saturated rings. The molecule has 0 unspecified atom stereocenters. The maximum absolute atomic E-state index is 12.1. The molecular weight excluding hydrogens is 456 g/mol. The maximum atomic E-state index is 12.1. The van der Waals surface area contributed by atoms with E-state index in [0.29, 0.717) is 18.1 Å². The Bertz CT molecular complexity index is 1020. The summed E-state index contributed by atoms with van der Waals surface area (Å²) in [5, 5.41) is 4.03. The zero-order chi connectivity index (χ0) is 21.9. The number of hydrogen-bond acceptors (Lipinski definition) is 4. The number of amides is 1. The predicted molar refractivity (Wildman–Crippen MR) is 127 cm³/mol. The molecule has 0 saturated heterocycles. The molecule has 0 heterocycles. The highest BCUT2D eigenvalue weighted by Crippen LogP contribution is 2.26. The van der Waals surface area contributed by atoms with Crippen LogP contribution in [-0.2, 0) is 17.8 Å². The van der Waals surface area contributed by atoms with Crippen LogP contribution in [0.25, 0.3) is 0 Å². The zero-order valence-corrected chi connectivity index (χ0v) is 19.0. The van der Waals surface area contributed by atoms with Crippen molar-refractivity contribution in [3.05, 3.63) is 94.0 Å². The van der Waals surface area contributed by atoms with E-state index in [0.717, 1.165) is 28.4 Å². The number of para-hydroxylation sites is 1. The standard InChI is InChI=1S/C25H25BrN2O3/c1-2-8-19-13-14-24(22(26)15-19)31-18-25(29)28-27-16-21-11-6-7-12-23(21)30-17-20-9-4-3-5-10-20/h3-7,9-16H,2,8,17-18H2,1H3,(H,28,29)/b27-16+. The van der Waals surface area contributed by atoms with E-state index in [1.807, 2.05) is 72.8 Å². The average Bonchev–Trinajstić information content (AvgIpc) is 2.79. The second kappa shape index (κ2) is 11.9. The fourth-order valence-electron chi connectivity index (χ4n) is 2.91. The summed E-state index contributed by atoms with van der Waals surface area (Å²) >= 11 is 3.49. The Labute approximate surface area is 191 Å². The fourth-order valence-corrected chi connectivity index (χ4v) is 3.45. The minimum absolute atomic E-state index is 0.130. The number of halogens is 1. The molecule has 5 nitrogen and oxygen atoms in total. The van der Waals surface area contributed by atoms with E-state index in [1.54, 1.807) is 6.21 Å². The molecule has 1 amide bonds. The summed E-state index contributed by atoms with van der Waals surface area (Å²) in [4.78, 5) is 12.1. The van der Waals surface area contributed by atoms with Crippen LogP contribution in [0.4, 0.5) is 0 Å². The van der Waals surface area contributed by atoms with Gasteiger partial charge in [-0.25, -0.2) is 5.43 Å². The maximum Gasteiger partial charge on any atom is 0.277 e. The topological polar surface area (TPSA) is 59.9 Å². The molecule has 0 atom stereocenters.